The van der Waals surface area contributed by atoms with E-state index in [0.29, 0.717) is 0 Å². The van der Waals surface area contributed by atoms with Gasteiger partial charge in [-0.1, -0.05) is 12.1 Å². The van der Waals surface area contributed by atoms with Crippen molar-refractivity contribution in [1.82, 2.24) is 14.5 Å². The molecule has 1 saturated heterocycles. The molecule has 0 amide bonds. The van der Waals surface area contributed by atoms with E-state index in [9.17, 15) is 10.1 Å². The van der Waals surface area contributed by atoms with Gasteiger partial charge in [0.2, 0.25) is 0 Å². The molecule has 2 aromatic carbocycles. The molecule has 7 nitrogen and oxygen atoms in total. The molecule has 1 unspecified atom stereocenters. The predicted molar refractivity (Wildman–Crippen MR) is 120 cm³/mol. The molecule has 158 valence electrons. The normalized spacial score (nSPS) is 17.3. The van der Waals surface area contributed by atoms with Gasteiger partial charge in [0, 0.05) is 48.2 Å². The molecule has 4 aromatic rings. The minimum atomic E-state index is -0.337. The lowest BCUT2D eigenvalue weighted by Crippen LogP contribution is -2.36. The zero-order valence-corrected chi connectivity index (χ0v) is 17.4. The molecular formula is C24H24N4O3. The monoisotopic (exact) mass is 416 g/mol. The molecule has 3 heterocycles. The van der Waals surface area contributed by atoms with E-state index in [0.717, 1.165) is 60.2 Å². The summed E-state index contributed by atoms with van der Waals surface area (Å²) in [5.74, 6) is 0.866. The van der Waals surface area contributed by atoms with Gasteiger partial charge in [-0.2, -0.15) is 0 Å². The van der Waals surface area contributed by atoms with Crippen LogP contribution in [0.4, 0.5) is 5.69 Å². The van der Waals surface area contributed by atoms with Crippen LogP contribution in [0.3, 0.4) is 0 Å². The molecule has 1 aliphatic heterocycles. The number of likely N-dealkylation sites (tertiary alicyclic amines) is 1. The molecular weight excluding hydrogens is 392 g/mol. The zero-order valence-electron chi connectivity index (χ0n) is 17.4. The third-order valence-electron chi connectivity index (χ3n) is 6.17. The zero-order chi connectivity index (χ0) is 21.4. The highest BCUT2D eigenvalue weighted by atomic mass is 16.6. The van der Waals surface area contributed by atoms with Crippen LogP contribution < -0.4 is 4.74 Å². The Morgan fingerprint density at radius 1 is 1.16 bits per heavy atom. The summed E-state index contributed by atoms with van der Waals surface area (Å²) in [7, 11) is 1.68. The average molecular weight is 416 g/mol. The number of nitro benzene ring substituents is 1. The van der Waals surface area contributed by atoms with Gasteiger partial charge in [0.25, 0.3) is 5.69 Å². The lowest BCUT2D eigenvalue weighted by molar-refractivity contribution is -0.384. The van der Waals surface area contributed by atoms with Crippen molar-refractivity contribution >= 4 is 27.6 Å². The maximum Gasteiger partial charge on any atom is 0.270 e. The highest BCUT2D eigenvalue weighted by Gasteiger charge is 2.26. The number of benzene rings is 2. The van der Waals surface area contributed by atoms with E-state index in [1.54, 1.807) is 25.4 Å². The lowest BCUT2D eigenvalue weighted by Gasteiger charge is -2.34. The van der Waals surface area contributed by atoms with Gasteiger partial charge >= 0.3 is 0 Å². The Morgan fingerprint density at radius 3 is 2.77 bits per heavy atom. The number of piperidine rings is 1. The van der Waals surface area contributed by atoms with Crippen LogP contribution in [-0.2, 0) is 6.54 Å². The number of nitrogens with zero attached hydrogens (tertiary/aromatic N) is 4. The predicted octanol–water partition coefficient (Wildman–Crippen LogP) is 4.94. The molecule has 1 atom stereocenters. The van der Waals surface area contributed by atoms with Crippen molar-refractivity contribution in [2.75, 3.05) is 20.2 Å². The summed E-state index contributed by atoms with van der Waals surface area (Å²) in [5.41, 5.74) is 3.28. The third kappa shape index (κ3) is 3.61. The molecule has 2 aromatic heterocycles. The fraction of sp³-hybridized carbons (Fsp3) is 0.292. The van der Waals surface area contributed by atoms with Crippen molar-refractivity contribution in [3.8, 4) is 5.75 Å². The number of nitro groups is 1. The number of aromatic nitrogens is 2. The second-order valence-electron chi connectivity index (χ2n) is 8.08. The number of hydrogen-bond donors (Lipinski definition) is 0. The fourth-order valence-corrected chi connectivity index (χ4v) is 4.72. The van der Waals surface area contributed by atoms with Gasteiger partial charge in [-0.25, -0.2) is 4.98 Å². The summed E-state index contributed by atoms with van der Waals surface area (Å²) < 4.78 is 7.55. The Hall–Kier alpha value is -3.45. The average Bonchev–Trinajstić information content (AvgIpc) is 3.13. The SMILES string of the molecule is COc1ccc(CN2CCCC(n3c4ccc([N+](=O)[O-])cc4c4cccnc43)C2)cc1. The summed E-state index contributed by atoms with van der Waals surface area (Å²) in [6, 6.07) is 17.5. The van der Waals surface area contributed by atoms with Gasteiger partial charge in [-0.05, 0) is 55.3 Å². The van der Waals surface area contributed by atoms with Gasteiger partial charge in [0.05, 0.1) is 17.5 Å². The van der Waals surface area contributed by atoms with Gasteiger partial charge in [-0.3, -0.25) is 15.0 Å². The second kappa shape index (κ2) is 8.00. The number of ether oxygens (including phenoxy) is 1. The maximum absolute atomic E-state index is 11.3. The van der Waals surface area contributed by atoms with E-state index in [-0.39, 0.29) is 16.7 Å². The van der Waals surface area contributed by atoms with Crippen molar-refractivity contribution in [2.45, 2.75) is 25.4 Å². The number of fused-ring (bicyclic) bond motifs is 3. The molecule has 7 heteroatoms. The largest absolute Gasteiger partial charge is 0.497 e. The molecule has 0 bridgehead atoms. The summed E-state index contributed by atoms with van der Waals surface area (Å²) in [5, 5.41) is 13.2. The molecule has 31 heavy (non-hydrogen) atoms. The fourth-order valence-electron chi connectivity index (χ4n) is 4.72. The van der Waals surface area contributed by atoms with E-state index >= 15 is 0 Å². The standard InChI is InChI=1S/C24H24N4O3/c1-31-20-9-6-17(7-10-20)15-26-13-3-4-19(16-26)27-23-11-8-18(28(29)30)14-22(23)21-5-2-12-25-24(21)27/h2,5-12,14,19H,3-4,13,15-16H2,1H3. The quantitative estimate of drug-likeness (QED) is 0.340. The first-order chi connectivity index (χ1) is 15.1. The van der Waals surface area contributed by atoms with Crippen LogP contribution in [0.5, 0.6) is 5.75 Å². The van der Waals surface area contributed by atoms with Gasteiger partial charge < -0.3 is 9.30 Å². The number of methoxy groups -OCH3 is 1. The summed E-state index contributed by atoms with van der Waals surface area (Å²) in [6.07, 6.45) is 3.96. The molecule has 0 spiro atoms. The Morgan fingerprint density at radius 2 is 2.00 bits per heavy atom. The number of non-ortho nitro benzene ring substituents is 1. The van der Waals surface area contributed by atoms with Crippen LogP contribution in [0.15, 0.2) is 60.8 Å². The highest BCUT2D eigenvalue weighted by Crippen LogP contribution is 2.35. The number of hydrogen-bond acceptors (Lipinski definition) is 5. The first kappa shape index (κ1) is 19.5. The van der Waals surface area contributed by atoms with E-state index in [4.69, 9.17) is 4.74 Å². The van der Waals surface area contributed by atoms with Crippen LogP contribution in [-0.4, -0.2) is 39.6 Å². The molecule has 0 radical (unpaired) electrons. The third-order valence-corrected chi connectivity index (χ3v) is 6.17. The van der Waals surface area contributed by atoms with E-state index in [1.165, 1.54) is 5.56 Å². The van der Waals surface area contributed by atoms with Crippen LogP contribution in [0.25, 0.3) is 21.9 Å². The van der Waals surface area contributed by atoms with Crippen molar-refractivity contribution in [3.63, 3.8) is 0 Å². The lowest BCUT2D eigenvalue weighted by atomic mass is 10.0. The van der Waals surface area contributed by atoms with Crippen LogP contribution >= 0.6 is 0 Å². The minimum Gasteiger partial charge on any atom is -0.497 e. The van der Waals surface area contributed by atoms with Crippen molar-refractivity contribution in [2.24, 2.45) is 0 Å². The molecule has 0 aliphatic carbocycles. The Labute approximate surface area is 180 Å². The molecule has 5 rings (SSSR count). The van der Waals surface area contributed by atoms with Crippen molar-refractivity contribution in [1.29, 1.82) is 0 Å². The van der Waals surface area contributed by atoms with Crippen LogP contribution in [0.1, 0.15) is 24.4 Å². The minimum absolute atomic E-state index is 0.111. The van der Waals surface area contributed by atoms with E-state index in [2.05, 4.69) is 26.6 Å². The van der Waals surface area contributed by atoms with E-state index in [1.807, 2.05) is 30.3 Å². The Balaban J connectivity index is 1.49. The number of pyridine rings is 1. The first-order valence-electron chi connectivity index (χ1n) is 10.5. The Kier molecular flexibility index (Phi) is 5.03. The molecule has 1 fully saturated rings. The van der Waals surface area contributed by atoms with Crippen LogP contribution in [0, 0.1) is 10.1 Å². The number of rotatable bonds is 5. The van der Waals surface area contributed by atoms with Gasteiger partial charge in [0.1, 0.15) is 11.4 Å². The second-order valence-corrected chi connectivity index (χ2v) is 8.08. The summed E-state index contributed by atoms with van der Waals surface area (Å²) in [4.78, 5) is 18.1. The van der Waals surface area contributed by atoms with Gasteiger partial charge in [-0.15, -0.1) is 0 Å². The summed E-state index contributed by atoms with van der Waals surface area (Å²) in [6.45, 7) is 2.85. The van der Waals surface area contributed by atoms with E-state index < -0.39 is 0 Å². The molecule has 1 aliphatic rings. The first-order valence-corrected chi connectivity index (χ1v) is 10.5. The summed E-state index contributed by atoms with van der Waals surface area (Å²) >= 11 is 0. The molecule has 0 N–H and O–H groups in total. The molecule has 0 saturated carbocycles. The van der Waals surface area contributed by atoms with Crippen molar-refractivity contribution < 1.29 is 9.66 Å². The van der Waals surface area contributed by atoms with Crippen molar-refractivity contribution in [3.05, 3.63) is 76.5 Å². The highest BCUT2D eigenvalue weighted by molar-refractivity contribution is 6.07. The topological polar surface area (TPSA) is 73.4 Å². The smallest absolute Gasteiger partial charge is 0.270 e. The van der Waals surface area contributed by atoms with Crippen LogP contribution in [0.2, 0.25) is 0 Å². The Bertz CT molecular complexity index is 1250. The maximum atomic E-state index is 11.3. The van der Waals surface area contributed by atoms with Gasteiger partial charge in [0.15, 0.2) is 0 Å².